The van der Waals surface area contributed by atoms with Crippen LogP contribution >= 0.6 is 0 Å². The van der Waals surface area contributed by atoms with E-state index in [0.29, 0.717) is 0 Å². The van der Waals surface area contributed by atoms with E-state index in [0.717, 1.165) is 0 Å². The van der Waals surface area contributed by atoms with Gasteiger partial charge in [0.1, 0.15) is 5.75 Å². The molecule has 8 heteroatoms. The highest BCUT2D eigenvalue weighted by Crippen LogP contribution is 2.34. The van der Waals surface area contributed by atoms with Crippen molar-refractivity contribution in [1.82, 2.24) is 0 Å². The van der Waals surface area contributed by atoms with Crippen molar-refractivity contribution in [2.45, 2.75) is 19.0 Å². The van der Waals surface area contributed by atoms with Crippen LogP contribution in [0, 0.1) is 10.1 Å². The van der Waals surface area contributed by atoms with Crippen LogP contribution in [0.5, 0.6) is 5.75 Å². The molecule has 0 atom stereocenters. The lowest BCUT2D eigenvalue weighted by Crippen LogP contribution is -2.12. The molecule has 1 aromatic rings. The normalized spacial score (nSPS) is 11.2. The van der Waals surface area contributed by atoms with Gasteiger partial charge in [-0.15, -0.1) is 0 Å². The molecule has 0 bridgehead atoms. The molecule has 0 heterocycles. The number of nitrogens with one attached hydrogen (secondary N) is 1. The van der Waals surface area contributed by atoms with Crippen LogP contribution in [0.4, 0.5) is 24.5 Å². The van der Waals surface area contributed by atoms with Gasteiger partial charge in [0.15, 0.2) is 5.69 Å². The molecule has 0 saturated carbocycles. The van der Waals surface area contributed by atoms with Gasteiger partial charge in [-0.1, -0.05) is 6.07 Å². The van der Waals surface area contributed by atoms with Crippen LogP contribution in [0.1, 0.15) is 12.8 Å². The first-order valence-electron chi connectivity index (χ1n) is 5.47. The summed E-state index contributed by atoms with van der Waals surface area (Å²) in [4.78, 5) is 10.2. The van der Waals surface area contributed by atoms with E-state index in [1.807, 2.05) is 0 Å². The van der Waals surface area contributed by atoms with Crippen LogP contribution in [0.2, 0.25) is 0 Å². The van der Waals surface area contributed by atoms with Crippen LogP contribution < -0.4 is 10.1 Å². The number of nitro groups is 1. The number of hydrogen-bond acceptors (Lipinski definition) is 4. The third kappa shape index (κ3) is 4.65. The van der Waals surface area contributed by atoms with Crippen molar-refractivity contribution in [1.29, 1.82) is 0 Å². The fraction of sp³-hybridized carbons (Fsp3) is 0.455. The highest BCUT2D eigenvalue weighted by Gasteiger charge is 2.26. The number of anilines is 1. The van der Waals surface area contributed by atoms with Crippen molar-refractivity contribution < 1.29 is 22.8 Å². The lowest BCUT2D eigenvalue weighted by atomic mass is 10.2. The second-order valence-electron chi connectivity index (χ2n) is 3.76. The minimum atomic E-state index is -4.23. The first-order chi connectivity index (χ1) is 8.85. The Balaban J connectivity index is 2.73. The molecule has 0 spiro atoms. The van der Waals surface area contributed by atoms with Crippen molar-refractivity contribution in [3.8, 4) is 5.75 Å². The van der Waals surface area contributed by atoms with Crippen LogP contribution in [0.15, 0.2) is 18.2 Å². The van der Waals surface area contributed by atoms with E-state index in [1.54, 1.807) is 0 Å². The molecule has 0 aliphatic carbocycles. The van der Waals surface area contributed by atoms with Gasteiger partial charge >= 0.3 is 6.18 Å². The number of ether oxygens (including phenoxy) is 1. The van der Waals surface area contributed by atoms with E-state index in [9.17, 15) is 23.3 Å². The Morgan fingerprint density at radius 3 is 2.63 bits per heavy atom. The summed E-state index contributed by atoms with van der Waals surface area (Å²) in [5.74, 6) is 0.223. The molecule has 1 aromatic carbocycles. The van der Waals surface area contributed by atoms with Gasteiger partial charge in [0.25, 0.3) is 5.69 Å². The van der Waals surface area contributed by atoms with Gasteiger partial charge in [0.2, 0.25) is 0 Å². The average molecular weight is 278 g/mol. The molecule has 1 N–H and O–H groups in total. The molecule has 0 unspecified atom stereocenters. The number of methoxy groups -OCH3 is 1. The van der Waals surface area contributed by atoms with Gasteiger partial charge in [0, 0.05) is 19.0 Å². The molecule has 1 rings (SSSR count). The summed E-state index contributed by atoms with van der Waals surface area (Å²) in [6.07, 6.45) is -5.34. The Labute approximate surface area is 107 Å². The number of rotatable bonds is 6. The average Bonchev–Trinajstić information content (AvgIpc) is 2.33. The molecule has 0 fully saturated rings. The molecule has 19 heavy (non-hydrogen) atoms. The molecule has 0 aliphatic heterocycles. The van der Waals surface area contributed by atoms with E-state index in [-0.39, 0.29) is 30.1 Å². The van der Waals surface area contributed by atoms with E-state index in [1.165, 1.54) is 25.3 Å². The van der Waals surface area contributed by atoms with Crippen LogP contribution in [-0.2, 0) is 0 Å². The SMILES string of the molecule is COc1cccc([N+](=O)[O-])c1NCCCC(F)(F)F. The van der Waals surface area contributed by atoms with Crippen molar-refractivity contribution in [2.75, 3.05) is 19.0 Å². The summed E-state index contributed by atoms with van der Waals surface area (Å²) in [6, 6.07) is 4.20. The van der Waals surface area contributed by atoms with Crippen molar-refractivity contribution in [3.63, 3.8) is 0 Å². The topological polar surface area (TPSA) is 64.4 Å². The number of halogens is 3. The van der Waals surface area contributed by atoms with Crippen molar-refractivity contribution in [3.05, 3.63) is 28.3 Å². The van der Waals surface area contributed by atoms with Gasteiger partial charge in [0.05, 0.1) is 12.0 Å². The van der Waals surface area contributed by atoms with Gasteiger partial charge in [-0.3, -0.25) is 10.1 Å². The first-order valence-corrected chi connectivity index (χ1v) is 5.47. The van der Waals surface area contributed by atoms with Gasteiger partial charge in [-0.05, 0) is 12.5 Å². The largest absolute Gasteiger partial charge is 0.494 e. The van der Waals surface area contributed by atoms with Crippen LogP contribution in [-0.4, -0.2) is 24.8 Å². The van der Waals surface area contributed by atoms with Gasteiger partial charge in [-0.25, -0.2) is 0 Å². The standard InChI is InChI=1S/C11H13F3N2O3/c1-19-9-5-2-4-8(16(17)18)10(9)15-7-3-6-11(12,13)14/h2,4-5,15H,3,6-7H2,1H3. The summed E-state index contributed by atoms with van der Waals surface area (Å²) < 4.78 is 40.9. The maximum absolute atomic E-state index is 12.0. The molecule has 0 saturated heterocycles. The van der Waals surface area contributed by atoms with Gasteiger partial charge < -0.3 is 10.1 Å². The zero-order chi connectivity index (χ0) is 14.5. The van der Waals surface area contributed by atoms with Gasteiger partial charge in [-0.2, -0.15) is 13.2 Å². The molecular weight excluding hydrogens is 265 g/mol. The van der Waals surface area contributed by atoms with Crippen molar-refractivity contribution >= 4 is 11.4 Å². The first kappa shape index (κ1) is 15.1. The smallest absolute Gasteiger partial charge is 0.389 e. The second kappa shape index (κ2) is 6.26. The quantitative estimate of drug-likeness (QED) is 0.492. The zero-order valence-corrected chi connectivity index (χ0v) is 10.2. The molecule has 0 aliphatic rings. The number of para-hydroxylation sites is 1. The fourth-order valence-corrected chi connectivity index (χ4v) is 1.52. The predicted molar refractivity (Wildman–Crippen MR) is 63.4 cm³/mol. The maximum atomic E-state index is 12.0. The maximum Gasteiger partial charge on any atom is 0.389 e. The number of hydrogen-bond donors (Lipinski definition) is 1. The molecule has 0 aromatic heterocycles. The van der Waals surface area contributed by atoms with Crippen LogP contribution in [0.25, 0.3) is 0 Å². The predicted octanol–water partition coefficient (Wildman–Crippen LogP) is 3.36. The second-order valence-corrected chi connectivity index (χ2v) is 3.76. The highest BCUT2D eigenvalue weighted by atomic mass is 19.4. The third-order valence-corrected chi connectivity index (χ3v) is 2.36. The molecule has 0 amide bonds. The van der Waals surface area contributed by atoms with E-state index >= 15 is 0 Å². The number of alkyl halides is 3. The third-order valence-electron chi connectivity index (χ3n) is 2.36. The summed E-state index contributed by atoms with van der Waals surface area (Å²) in [5, 5.41) is 13.4. The van der Waals surface area contributed by atoms with E-state index in [4.69, 9.17) is 4.74 Å². The molecular formula is C11H13F3N2O3. The van der Waals surface area contributed by atoms with Crippen LogP contribution in [0.3, 0.4) is 0 Å². The van der Waals surface area contributed by atoms with Crippen molar-refractivity contribution in [2.24, 2.45) is 0 Å². The fourth-order valence-electron chi connectivity index (χ4n) is 1.52. The number of nitro benzene ring substituents is 1. The summed E-state index contributed by atoms with van der Waals surface area (Å²) >= 11 is 0. The zero-order valence-electron chi connectivity index (χ0n) is 10.2. The highest BCUT2D eigenvalue weighted by molar-refractivity contribution is 5.69. The molecule has 0 radical (unpaired) electrons. The van der Waals surface area contributed by atoms with E-state index < -0.39 is 17.5 Å². The summed E-state index contributed by atoms with van der Waals surface area (Å²) in [5.41, 5.74) is -0.136. The summed E-state index contributed by atoms with van der Waals surface area (Å²) in [6.45, 7) is -0.0271. The lowest BCUT2D eigenvalue weighted by Gasteiger charge is -2.11. The Bertz CT molecular complexity index is 449. The summed E-state index contributed by atoms with van der Waals surface area (Å²) in [7, 11) is 1.33. The number of nitrogens with zero attached hydrogens (tertiary/aromatic N) is 1. The Morgan fingerprint density at radius 1 is 1.42 bits per heavy atom. The number of benzene rings is 1. The molecule has 106 valence electrons. The van der Waals surface area contributed by atoms with E-state index in [2.05, 4.69) is 5.32 Å². The Hall–Kier alpha value is -1.99. The monoisotopic (exact) mass is 278 g/mol. The minimum absolute atomic E-state index is 0.0271. The lowest BCUT2D eigenvalue weighted by molar-refractivity contribution is -0.384. The Morgan fingerprint density at radius 2 is 2.11 bits per heavy atom. The Kier molecular flexibility index (Phi) is 4.96. The minimum Gasteiger partial charge on any atom is -0.494 e. The molecule has 5 nitrogen and oxygen atoms in total.